The van der Waals surface area contributed by atoms with Crippen molar-refractivity contribution in [3.63, 3.8) is 0 Å². The average Bonchev–Trinajstić information content (AvgIpc) is 2.58. The van der Waals surface area contributed by atoms with E-state index in [0.717, 1.165) is 0 Å². The van der Waals surface area contributed by atoms with Crippen molar-refractivity contribution in [2.45, 2.75) is 20.0 Å². The Balaban J connectivity index is 3.01. The van der Waals surface area contributed by atoms with Gasteiger partial charge in [0.05, 0.1) is 17.8 Å². The Morgan fingerprint density at radius 3 is 2.77 bits per heavy atom. The normalized spacial score (nSPS) is 13.3. The molecular weight excluding hydrogens is 168 g/mol. The van der Waals surface area contributed by atoms with Gasteiger partial charge in [0.2, 0.25) is 0 Å². The smallest absolute Gasteiger partial charge is 0.186 e. The molecule has 0 amide bonds. The second-order valence-corrected chi connectivity index (χ2v) is 3.32. The van der Waals surface area contributed by atoms with E-state index >= 15 is 0 Å². The summed E-state index contributed by atoms with van der Waals surface area (Å²) in [6, 6.07) is 2.04. The van der Waals surface area contributed by atoms with Gasteiger partial charge in [0.25, 0.3) is 0 Å². The summed E-state index contributed by atoms with van der Waals surface area (Å²) < 4.78 is 1.52. The van der Waals surface area contributed by atoms with E-state index in [2.05, 4.69) is 10.2 Å². The predicted octanol–water partition coefficient (Wildman–Crippen LogP) is 1.70. The SMILES string of the molecule is CC(C)(C#N)C(N=O)n1ccnc1. The van der Waals surface area contributed by atoms with Crippen LogP contribution in [0.15, 0.2) is 23.9 Å². The van der Waals surface area contributed by atoms with Crippen molar-refractivity contribution in [3.8, 4) is 6.07 Å². The summed E-state index contributed by atoms with van der Waals surface area (Å²) in [6.07, 6.45) is 3.92. The summed E-state index contributed by atoms with van der Waals surface area (Å²) >= 11 is 0. The molecule has 0 saturated carbocycles. The molecule has 5 nitrogen and oxygen atoms in total. The van der Waals surface area contributed by atoms with Crippen LogP contribution in [0.5, 0.6) is 0 Å². The first-order chi connectivity index (χ1) is 6.11. The van der Waals surface area contributed by atoms with Gasteiger partial charge in [0.15, 0.2) is 6.17 Å². The molecule has 0 bridgehead atoms. The summed E-state index contributed by atoms with van der Waals surface area (Å²) in [5.74, 6) is 0. The first kappa shape index (κ1) is 9.39. The zero-order chi connectivity index (χ0) is 9.90. The topological polar surface area (TPSA) is 71.0 Å². The van der Waals surface area contributed by atoms with Crippen LogP contribution in [0.3, 0.4) is 0 Å². The van der Waals surface area contributed by atoms with Crippen LogP contribution in [-0.2, 0) is 0 Å². The minimum atomic E-state index is -0.817. The fourth-order valence-electron chi connectivity index (χ4n) is 1.03. The van der Waals surface area contributed by atoms with E-state index in [9.17, 15) is 4.91 Å². The minimum Gasteiger partial charge on any atom is -0.310 e. The van der Waals surface area contributed by atoms with Crippen LogP contribution in [0.4, 0.5) is 0 Å². The number of nitriles is 1. The fraction of sp³-hybridized carbons (Fsp3) is 0.500. The number of hydrogen-bond donors (Lipinski definition) is 0. The molecule has 0 aliphatic rings. The van der Waals surface area contributed by atoms with Crippen molar-refractivity contribution in [1.82, 2.24) is 9.55 Å². The average molecular weight is 178 g/mol. The molecule has 0 fully saturated rings. The molecule has 1 aromatic heterocycles. The van der Waals surface area contributed by atoms with Crippen molar-refractivity contribution in [2.24, 2.45) is 10.6 Å². The van der Waals surface area contributed by atoms with Crippen molar-refractivity contribution < 1.29 is 0 Å². The summed E-state index contributed by atoms with van der Waals surface area (Å²) in [5.41, 5.74) is -0.817. The van der Waals surface area contributed by atoms with Gasteiger partial charge >= 0.3 is 0 Å². The molecule has 13 heavy (non-hydrogen) atoms. The van der Waals surface area contributed by atoms with E-state index in [4.69, 9.17) is 5.26 Å². The largest absolute Gasteiger partial charge is 0.310 e. The van der Waals surface area contributed by atoms with E-state index in [-0.39, 0.29) is 0 Å². The lowest BCUT2D eigenvalue weighted by molar-refractivity contribution is 0.300. The van der Waals surface area contributed by atoms with Crippen LogP contribution in [0, 0.1) is 21.7 Å². The van der Waals surface area contributed by atoms with E-state index in [1.165, 1.54) is 10.9 Å². The number of aromatic nitrogens is 2. The monoisotopic (exact) mass is 178 g/mol. The Bertz CT molecular complexity index is 322. The Kier molecular flexibility index (Phi) is 2.42. The summed E-state index contributed by atoms with van der Waals surface area (Å²) in [5, 5.41) is 11.7. The zero-order valence-corrected chi connectivity index (χ0v) is 7.51. The molecule has 1 atom stereocenters. The van der Waals surface area contributed by atoms with Gasteiger partial charge in [0.1, 0.15) is 0 Å². The highest BCUT2D eigenvalue weighted by Gasteiger charge is 2.31. The quantitative estimate of drug-likeness (QED) is 0.661. The predicted molar refractivity (Wildman–Crippen MR) is 46.5 cm³/mol. The number of rotatable bonds is 3. The van der Waals surface area contributed by atoms with Gasteiger partial charge in [0, 0.05) is 12.4 Å². The third kappa shape index (κ3) is 1.72. The van der Waals surface area contributed by atoms with Gasteiger partial charge in [-0.15, -0.1) is 4.91 Å². The second kappa shape index (κ2) is 3.35. The van der Waals surface area contributed by atoms with Gasteiger partial charge in [-0.3, -0.25) is 0 Å². The number of hydrogen-bond acceptors (Lipinski definition) is 4. The molecular formula is C8H10N4O. The highest BCUT2D eigenvalue weighted by molar-refractivity contribution is 4.99. The van der Waals surface area contributed by atoms with Crippen molar-refractivity contribution in [2.75, 3.05) is 0 Å². The Morgan fingerprint density at radius 2 is 2.38 bits per heavy atom. The summed E-state index contributed by atoms with van der Waals surface area (Å²) in [7, 11) is 0. The molecule has 0 aliphatic carbocycles. The summed E-state index contributed by atoms with van der Waals surface area (Å²) in [4.78, 5) is 14.4. The molecule has 1 aromatic rings. The van der Waals surface area contributed by atoms with Crippen molar-refractivity contribution in [3.05, 3.63) is 23.6 Å². The maximum Gasteiger partial charge on any atom is 0.186 e. The van der Waals surface area contributed by atoms with Crippen LogP contribution in [0.2, 0.25) is 0 Å². The lowest BCUT2D eigenvalue weighted by atomic mass is 9.92. The Hall–Kier alpha value is -1.70. The van der Waals surface area contributed by atoms with Gasteiger partial charge in [-0.1, -0.05) is 0 Å². The lowest BCUT2D eigenvalue weighted by Crippen LogP contribution is -2.22. The van der Waals surface area contributed by atoms with Crippen molar-refractivity contribution >= 4 is 0 Å². The summed E-state index contributed by atoms with van der Waals surface area (Å²) in [6.45, 7) is 3.33. The molecule has 0 radical (unpaired) electrons. The van der Waals surface area contributed by atoms with Crippen LogP contribution >= 0.6 is 0 Å². The van der Waals surface area contributed by atoms with Crippen LogP contribution in [-0.4, -0.2) is 9.55 Å². The highest BCUT2D eigenvalue weighted by atomic mass is 16.3. The Morgan fingerprint density at radius 1 is 1.69 bits per heavy atom. The molecule has 0 aromatic carbocycles. The number of nitrogens with zero attached hydrogens (tertiary/aromatic N) is 4. The van der Waals surface area contributed by atoms with Gasteiger partial charge < -0.3 is 4.57 Å². The second-order valence-electron chi connectivity index (χ2n) is 3.32. The molecule has 0 aliphatic heterocycles. The first-order valence-electron chi connectivity index (χ1n) is 3.83. The first-order valence-corrected chi connectivity index (χ1v) is 3.83. The van der Waals surface area contributed by atoms with Crippen LogP contribution in [0.25, 0.3) is 0 Å². The molecule has 1 unspecified atom stereocenters. The van der Waals surface area contributed by atoms with E-state index in [1.54, 1.807) is 26.2 Å². The molecule has 68 valence electrons. The molecule has 1 rings (SSSR count). The van der Waals surface area contributed by atoms with Gasteiger partial charge in [-0.2, -0.15) is 5.26 Å². The van der Waals surface area contributed by atoms with Crippen LogP contribution in [0.1, 0.15) is 20.0 Å². The van der Waals surface area contributed by atoms with Crippen LogP contribution < -0.4 is 0 Å². The third-order valence-corrected chi connectivity index (χ3v) is 1.84. The molecule has 5 heteroatoms. The minimum absolute atomic E-state index is 0.722. The molecule has 0 spiro atoms. The zero-order valence-electron chi connectivity index (χ0n) is 7.51. The lowest BCUT2D eigenvalue weighted by Gasteiger charge is -2.21. The molecule has 0 N–H and O–H groups in total. The van der Waals surface area contributed by atoms with Gasteiger partial charge in [-0.25, -0.2) is 4.98 Å². The maximum absolute atomic E-state index is 10.6. The molecule has 1 heterocycles. The standard InChI is InChI=1S/C8H10N4O/c1-8(2,5-9)7(11-13)12-4-3-10-6-12/h3-4,6-7H,1-2H3. The third-order valence-electron chi connectivity index (χ3n) is 1.84. The highest BCUT2D eigenvalue weighted by Crippen LogP contribution is 2.30. The maximum atomic E-state index is 10.6. The van der Waals surface area contributed by atoms with E-state index in [1.807, 2.05) is 6.07 Å². The van der Waals surface area contributed by atoms with E-state index in [0.29, 0.717) is 0 Å². The van der Waals surface area contributed by atoms with Crippen molar-refractivity contribution in [1.29, 1.82) is 5.26 Å². The van der Waals surface area contributed by atoms with E-state index < -0.39 is 11.6 Å². The fourth-order valence-corrected chi connectivity index (χ4v) is 1.03. The van der Waals surface area contributed by atoms with Gasteiger partial charge in [-0.05, 0) is 19.0 Å². The Labute approximate surface area is 76.0 Å². The number of nitroso groups, excluding NO2 is 1. The number of imidazole rings is 1. The molecule has 0 saturated heterocycles.